The van der Waals surface area contributed by atoms with Gasteiger partial charge in [-0.3, -0.25) is 14.1 Å². The molecule has 1 aliphatic heterocycles. The number of rotatable bonds is 3. The Labute approximate surface area is 74.0 Å². The summed E-state index contributed by atoms with van der Waals surface area (Å²) in [5.74, 6) is -2.30. The second kappa shape index (κ2) is 3.40. The molecule has 13 heavy (non-hydrogen) atoms. The lowest BCUT2D eigenvalue weighted by Crippen LogP contribution is -2.31. The SMILES string of the molecule is O=C1CCC(=O)N1OCS(=O)(=O)O. The van der Waals surface area contributed by atoms with Gasteiger partial charge in [0.25, 0.3) is 21.9 Å². The van der Waals surface area contributed by atoms with Crippen LogP contribution in [0, 0.1) is 0 Å². The van der Waals surface area contributed by atoms with Gasteiger partial charge in [0.1, 0.15) is 0 Å². The Morgan fingerprint density at radius 2 is 1.77 bits per heavy atom. The highest BCUT2D eigenvalue weighted by molar-refractivity contribution is 7.85. The van der Waals surface area contributed by atoms with Crippen molar-refractivity contribution in [3.8, 4) is 0 Å². The van der Waals surface area contributed by atoms with E-state index >= 15 is 0 Å². The largest absolute Gasteiger partial charge is 0.292 e. The molecule has 1 aliphatic rings. The zero-order valence-corrected chi connectivity index (χ0v) is 7.28. The van der Waals surface area contributed by atoms with Crippen molar-refractivity contribution < 1.29 is 27.4 Å². The molecule has 1 N–H and O–H groups in total. The van der Waals surface area contributed by atoms with Crippen LogP contribution in [0.15, 0.2) is 0 Å². The van der Waals surface area contributed by atoms with Crippen molar-refractivity contribution in [2.75, 3.05) is 5.94 Å². The van der Waals surface area contributed by atoms with Crippen molar-refractivity contribution in [1.29, 1.82) is 0 Å². The van der Waals surface area contributed by atoms with E-state index in [1.165, 1.54) is 0 Å². The molecule has 0 aromatic carbocycles. The first-order valence-corrected chi connectivity index (χ1v) is 4.95. The van der Waals surface area contributed by atoms with Crippen molar-refractivity contribution >= 4 is 21.9 Å². The number of hydroxylamine groups is 2. The smallest absolute Gasteiger partial charge is 0.284 e. The molecule has 8 heteroatoms. The van der Waals surface area contributed by atoms with Crippen LogP contribution in [0.4, 0.5) is 0 Å². The van der Waals surface area contributed by atoms with Crippen molar-refractivity contribution in [2.24, 2.45) is 0 Å². The highest BCUT2D eigenvalue weighted by Gasteiger charge is 2.31. The number of hydrogen-bond donors (Lipinski definition) is 1. The first-order chi connectivity index (χ1) is 5.90. The van der Waals surface area contributed by atoms with Crippen LogP contribution in [0.5, 0.6) is 0 Å². The zero-order valence-electron chi connectivity index (χ0n) is 6.47. The minimum absolute atomic E-state index is 0.00428. The van der Waals surface area contributed by atoms with E-state index in [2.05, 4.69) is 4.84 Å². The molecule has 1 saturated heterocycles. The monoisotopic (exact) mass is 209 g/mol. The molecular weight excluding hydrogens is 202 g/mol. The Bertz CT molecular complexity index is 317. The second-order valence-electron chi connectivity index (χ2n) is 2.41. The summed E-state index contributed by atoms with van der Waals surface area (Å²) in [6.07, 6.45) is 0.00855. The topological polar surface area (TPSA) is 101 Å². The maximum atomic E-state index is 10.8. The minimum Gasteiger partial charge on any atom is -0.284 e. The summed E-state index contributed by atoms with van der Waals surface area (Å²) < 4.78 is 28.6. The summed E-state index contributed by atoms with van der Waals surface area (Å²) >= 11 is 0. The van der Waals surface area contributed by atoms with Crippen LogP contribution in [-0.2, 0) is 24.5 Å². The first-order valence-electron chi connectivity index (χ1n) is 3.34. The summed E-state index contributed by atoms with van der Waals surface area (Å²) in [7, 11) is -4.33. The van der Waals surface area contributed by atoms with E-state index in [1.54, 1.807) is 0 Å². The average Bonchev–Trinajstić information content (AvgIpc) is 2.27. The number of hydrogen-bond acceptors (Lipinski definition) is 5. The Morgan fingerprint density at radius 1 is 1.31 bits per heavy atom. The number of carbonyl (C=O) groups is 2. The highest BCUT2D eigenvalue weighted by atomic mass is 32.2. The van der Waals surface area contributed by atoms with E-state index in [9.17, 15) is 18.0 Å². The molecule has 0 aromatic heterocycles. The van der Waals surface area contributed by atoms with E-state index < -0.39 is 27.9 Å². The number of imide groups is 1. The van der Waals surface area contributed by atoms with Gasteiger partial charge in [-0.15, -0.1) is 0 Å². The van der Waals surface area contributed by atoms with Gasteiger partial charge < -0.3 is 0 Å². The Balaban J connectivity index is 2.54. The van der Waals surface area contributed by atoms with Crippen LogP contribution in [0.3, 0.4) is 0 Å². The minimum atomic E-state index is -4.33. The van der Waals surface area contributed by atoms with Crippen LogP contribution < -0.4 is 0 Å². The van der Waals surface area contributed by atoms with Gasteiger partial charge in [-0.1, -0.05) is 0 Å². The third-order valence-electron chi connectivity index (χ3n) is 1.34. The van der Waals surface area contributed by atoms with Crippen LogP contribution in [0.2, 0.25) is 0 Å². The van der Waals surface area contributed by atoms with Gasteiger partial charge in [-0.05, 0) is 0 Å². The van der Waals surface area contributed by atoms with Gasteiger partial charge in [0.15, 0.2) is 0 Å². The standard InChI is InChI=1S/C5H7NO6S/c7-4-1-2-5(8)6(4)12-3-13(9,10)11/h1-3H2,(H,9,10,11). The number of amides is 2. The van der Waals surface area contributed by atoms with E-state index in [0.717, 1.165) is 0 Å². The maximum Gasteiger partial charge on any atom is 0.292 e. The number of nitrogens with zero attached hydrogens (tertiary/aromatic N) is 1. The quantitative estimate of drug-likeness (QED) is 0.468. The van der Waals surface area contributed by atoms with Gasteiger partial charge in [-0.2, -0.15) is 13.5 Å². The number of carbonyl (C=O) groups excluding carboxylic acids is 2. The fourth-order valence-electron chi connectivity index (χ4n) is 0.819. The lowest BCUT2D eigenvalue weighted by molar-refractivity contribution is -0.182. The molecule has 0 spiro atoms. The van der Waals surface area contributed by atoms with Crippen LogP contribution >= 0.6 is 0 Å². The summed E-state index contributed by atoms with van der Waals surface area (Å²) in [5, 5.41) is 0.355. The van der Waals surface area contributed by atoms with Crippen molar-refractivity contribution in [2.45, 2.75) is 12.8 Å². The Hall–Kier alpha value is -0.990. The predicted octanol–water partition coefficient (Wildman–Crippen LogP) is -1.09. The highest BCUT2D eigenvalue weighted by Crippen LogP contribution is 2.11. The van der Waals surface area contributed by atoms with Gasteiger partial charge in [0.2, 0.25) is 5.94 Å². The molecule has 2 amide bonds. The maximum absolute atomic E-state index is 10.8. The molecule has 0 aromatic rings. The second-order valence-corrected chi connectivity index (χ2v) is 3.81. The third-order valence-corrected chi connectivity index (χ3v) is 1.74. The summed E-state index contributed by atoms with van der Waals surface area (Å²) in [4.78, 5) is 25.9. The van der Waals surface area contributed by atoms with Gasteiger partial charge in [0, 0.05) is 12.8 Å². The molecule has 74 valence electrons. The normalized spacial score (nSPS) is 18.4. The van der Waals surface area contributed by atoms with E-state index in [4.69, 9.17) is 4.55 Å². The Kier molecular flexibility index (Phi) is 2.64. The van der Waals surface area contributed by atoms with Crippen LogP contribution in [0.25, 0.3) is 0 Å². The molecular formula is C5H7NO6S. The van der Waals surface area contributed by atoms with Crippen molar-refractivity contribution in [3.63, 3.8) is 0 Å². The predicted molar refractivity (Wildman–Crippen MR) is 38.6 cm³/mol. The molecule has 0 unspecified atom stereocenters. The molecule has 1 rings (SSSR count). The van der Waals surface area contributed by atoms with Gasteiger partial charge in [0.05, 0.1) is 0 Å². The molecule has 1 fully saturated rings. The molecule has 7 nitrogen and oxygen atoms in total. The van der Waals surface area contributed by atoms with Crippen LogP contribution in [-0.4, -0.2) is 35.8 Å². The summed E-state index contributed by atoms with van der Waals surface area (Å²) in [6.45, 7) is 0. The molecule has 0 atom stereocenters. The molecule has 1 heterocycles. The van der Waals surface area contributed by atoms with Crippen molar-refractivity contribution in [1.82, 2.24) is 5.06 Å². The Morgan fingerprint density at radius 3 is 2.15 bits per heavy atom. The van der Waals surface area contributed by atoms with Gasteiger partial charge in [-0.25, -0.2) is 4.84 Å². The lowest BCUT2D eigenvalue weighted by Gasteiger charge is -2.10. The lowest BCUT2D eigenvalue weighted by atomic mass is 10.4. The zero-order chi connectivity index (χ0) is 10.1. The van der Waals surface area contributed by atoms with Gasteiger partial charge >= 0.3 is 0 Å². The third kappa shape index (κ3) is 2.76. The van der Waals surface area contributed by atoms with E-state index in [0.29, 0.717) is 5.06 Å². The fraction of sp³-hybridized carbons (Fsp3) is 0.600. The molecule has 0 bridgehead atoms. The summed E-state index contributed by atoms with van der Waals surface area (Å²) in [6, 6.07) is 0. The first kappa shape index (κ1) is 10.1. The average molecular weight is 209 g/mol. The van der Waals surface area contributed by atoms with E-state index in [-0.39, 0.29) is 12.8 Å². The molecule has 0 radical (unpaired) electrons. The fourth-order valence-corrected chi connectivity index (χ4v) is 1.06. The van der Waals surface area contributed by atoms with Crippen molar-refractivity contribution in [3.05, 3.63) is 0 Å². The van der Waals surface area contributed by atoms with Crippen LogP contribution in [0.1, 0.15) is 12.8 Å². The molecule has 0 saturated carbocycles. The summed E-state index contributed by atoms with van der Waals surface area (Å²) in [5.41, 5.74) is 0. The molecule has 0 aliphatic carbocycles. The van der Waals surface area contributed by atoms with E-state index in [1.807, 2.05) is 0 Å².